The fourth-order valence-corrected chi connectivity index (χ4v) is 0.639. The average molecular weight is 149 g/mol. The first-order chi connectivity index (χ1) is 4.68. The Labute approximate surface area is 60.3 Å². The Morgan fingerprint density at radius 1 is 1.10 bits per heavy atom. The van der Waals surface area contributed by atoms with E-state index < -0.39 is 5.54 Å². The van der Waals surface area contributed by atoms with Crippen molar-refractivity contribution in [3.8, 4) is 0 Å². The molecule has 0 fully saturated rings. The van der Waals surface area contributed by atoms with Crippen LogP contribution in [0.5, 0.6) is 0 Å². The van der Waals surface area contributed by atoms with Crippen LogP contribution in [0.25, 0.3) is 0 Å². The van der Waals surface area contributed by atoms with Crippen molar-refractivity contribution in [1.82, 2.24) is 0 Å². The molecule has 0 aromatic carbocycles. The van der Waals surface area contributed by atoms with E-state index in [1.54, 1.807) is 0 Å². The summed E-state index contributed by atoms with van der Waals surface area (Å²) in [4.78, 5) is 0. The molecule has 0 heterocycles. The summed E-state index contributed by atoms with van der Waals surface area (Å²) in [6.45, 7) is -0.452. The Morgan fingerprint density at radius 3 is 1.90 bits per heavy atom. The molecule has 0 rings (SSSR count). The monoisotopic (exact) mass is 149 g/mol. The van der Waals surface area contributed by atoms with Gasteiger partial charge in [0.2, 0.25) is 0 Å². The Kier molecular flexibility index (Phi) is 4.55. The van der Waals surface area contributed by atoms with Gasteiger partial charge in [-0.2, -0.15) is 0 Å². The molecule has 10 heavy (non-hydrogen) atoms. The average Bonchev–Trinajstić information content (AvgIpc) is 2.00. The van der Waals surface area contributed by atoms with E-state index in [-0.39, 0.29) is 19.8 Å². The maximum Gasteiger partial charge on any atom is 0.0633 e. The van der Waals surface area contributed by atoms with Gasteiger partial charge in [-0.15, -0.1) is 0 Å². The number of hydrogen-bond donors (Lipinski definition) is 4. The van der Waals surface area contributed by atoms with E-state index in [0.717, 1.165) is 0 Å². The summed E-state index contributed by atoms with van der Waals surface area (Å²) in [5.41, 5.74) is 4.56. The van der Waals surface area contributed by atoms with Crippen LogP contribution in [0.4, 0.5) is 0 Å². The molecule has 5 N–H and O–H groups in total. The molecule has 0 aromatic rings. The Morgan fingerprint density at radius 2 is 1.60 bits per heavy atom. The molecule has 4 nitrogen and oxygen atoms in total. The minimum atomic E-state index is -0.914. The highest BCUT2D eigenvalue weighted by Gasteiger charge is 2.21. The molecule has 0 aliphatic rings. The fraction of sp³-hybridized carbons (Fsp3) is 1.00. The second kappa shape index (κ2) is 4.62. The normalized spacial score (nSPS) is 12.0. The van der Waals surface area contributed by atoms with Crippen LogP contribution in [0, 0.1) is 0 Å². The van der Waals surface area contributed by atoms with Crippen LogP contribution in [0.15, 0.2) is 0 Å². The first-order valence-corrected chi connectivity index (χ1v) is 3.30. The molecule has 0 saturated carbocycles. The predicted molar refractivity (Wildman–Crippen MR) is 37.4 cm³/mol. The molecule has 62 valence electrons. The molecular formula is C6H15NO3. The smallest absolute Gasteiger partial charge is 0.0633 e. The van der Waals surface area contributed by atoms with Crippen LogP contribution >= 0.6 is 0 Å². The molecule has 4 heteroatoms. The lowest BCUT2D eigenvalue weighted by molar-refractivity contribution is 0.107. The third kappa shape index (κ3) is 3.12. The molecule has 0 aliphatic heterocycles. The van der Waals surface area contributed by atoms with Crippen molar-refractivity contribution < 1.29 is 15.3 Å². The van der Waals surface area contributed by atoms with Crippen LogP contribution in [0.1, 0.15) is 12.8 Å². The Bertz CT molecular complexity index is 83.1. The van der Waals surface area contributed by atoms with Gasteiger partial charge in [0, 0.05) is 6.61 Å². The molecule has 0 radical (unpaired) electrons. The predicted octanol–water partition coefficient (Wildman–Crippen LogP) is -1.56. The van der Waals surface area contributed by atoms with Gasteiger partial charge >= 0.3 is 0 Å². The third-order valence-corrected chi connectivity index (χ3v) is 1.46. The summed E-state index contributed by atoms with van der Waals surface area (Å²) < 4.78 is 0. The SMILES string of the molecule is NC(CO)(CO)CCCO. The summed E-state index contributed by atoms with van der Waals surface area (Å²) in [5.74, 6) is 0. The van der Waals surface area contributed by atoms with Crippen molar-refractivity contribution in [2.24, 2.45) is 5.73 Å². The van der Waals surface area contributed by atoms with E-state index in [1.165, 1.54) is 0 Å². The summed E-state index contributed by atoms with van der Waals surface area (Å²) in [7, 11) is 0. The minimum absolute atomic E-state index is 0.0406. The van der Waals surface area contributed by atoms with Gasteiger partial charge in [-0.25, -0.2) is 0 Å². The van der Waals surface area contributed by atoms with E-state index in [9.17, 15) is 0 Å². The second-order valence-electron chi connectivity index (χ2n) is 2.51. The van der Waals surface area contributed by atoms with Gasteiger partial charge in [0.15, 0.2) is 0 Å². The minimum Gasteiger partial charge on any atom is -0.396 e. The van der Waals surface area contributed by atoms with Crippen LogP contribution in [0.2, 0.25) is 0 Å². The van der Waals surface area contributed by atoms with Crippen molar-refractivity contribution in [2.75, 3.05) is 19.8 Å². The first-order valence-electron chi connectivity index (χ1n) is 3.30. The highest BCUT2D eigenvalue weighted by Crippen LogP contribution is 2.06. The summed E-state index contributed by atoms with van der Waals surface area (Å²) in [6, 6.07) is 0. The van der Waals surface area contributed by atoms with Gasteiger partial charge in [-0.1, -0.05) is 0 Å². The number of aliphatic hydroxyl groups is 3. The standard InChI is InChI=1S/C6H15NO3/c7-6(4-9,5-10)2-1-3-8/h8-10H,1-5,7H2. The van der Waals surface area contributed by atoms with Gasteiger partial charge in [-0.3, -0.25) is 0 Å². The summed E-state index contributed by atoms with van der Waals surface area (Å²) in [5, 5.41) is 25.7. The molecule has 0 aliphatic carbocycles. The van der Waals surface area contributed by atoms with Gasteiger partial charge in [-0.05, 0) is 12.8 Å². The molecule has 0 amide bonds. The van der Waals surface area contributed by atoms with Crippen molar-refractivity contribution in [1.29, 1.82) is 0 Å². The molecule has 0 unspecified atom stereocenters. The maximum atomic E-state index is 8.65. The van der Waals surface area contributed by atoms with Gasteiger partial charge in [0.1, 0.15) is 0 Å². The molecule has 0 saturated heterocycles. The van der Waals surface area contributed by atoms with Crippen LogP contribution < -0.4 is 5.73 Å². The Hall–Kier alpha value is -0.160. The lowest BCUT2D eigenvalue weighted by atomic mass is 9.97. The Balaban J connectivity index is 3.58. The quantitative estimate of drug-likeness (QED) is 0.381. The summed E-state index contributed by atoms with van der Waals surface area (Å²) >= 11 is 0. The first kappa shape index (κ1) is 9.84. The highest BCUT2D eigenvalue weighted by atomic mass is 16.3. The van der Waals surface area contributed by atoms with Gasteiger partial charge in [0.25, 0.3) is 0 Å². The fourth-order valence-electron chi connectivity index (χ4n) is 0.639. The van der Waals surface area contributed by atoms with Crippen LogP contribution in [-0.2, 0) is 0 Å². The van der Waals surface area contributed by atoms with Gasteiger partial charge < -0.3 is 21.1 Å². The van der Waals surface area contributed by atoms with Crippen LogP contribution in [-0.4, -0.2) is 40.7 Å². The van der Waals surface area contributed by atoms with Crippen molar-refractivity contribution in [2.45, 2.75) is 18.4 Å². The van der Waals surface area contributed by atoms with Crippen molar-refractivity contribution in [3.63, 3.8) is 0 Å². The molecule has 0 atom stereocenters. The molecular weight excluding hydrogens is 134 g/mol. The van der Waals surface area contributed by atoms with Crippen LogP contribution in [0.3, 0.4) is 0 Å². The third-order valence-electron chi connectivity index (χ3n) is 1.46. The van der Waals surface area contributed by atoms with E-state index in [2.05, 4.69) is 0 Å². The van der Waals surface area contributed by atoms with Crippen molar-refractivity contribution >= 4 is 0 Å². The number of aliphatic hydroxyl groups excluding tert-OH is 3. The van der Waals surface area contributed by atoms with Crippen molar-refractivity contribution in [3.05, 3.63) is 0 Å². The molecule has 0 spiro atoms. The molecule has 0 aromatic heterocycles. The lowest BCUT2D eigenvalue weighted by Gasteiger charge is -2.23. The number of nitrogens with two attached hydrogens (primary N) is 1. The maximum absolute atomic E-state index is 8.65. The number of hydrogen-bond acceptors (Lipinski definition) is 4. The van der Waals surface area contributed by atoms with E-state index >= 15 is 0 Å². The lowest BCUT2D eigenvalue weighted by Crippen LogP contribution is -2.47. The molecule has 0 bridgehead atoms. The zero-order chi connectivity index (χ0) is 8.04. The summed E-state index contributed by atoms with van der Waals surface area (Å²) in [6.07, 6.45) is 0.953. The largest absolute Gasteiger partial charge is 0.396 e. The zero-order valence-corrected chi connectivity index (χ0v) is 5.95. The highest BCUT2D eigenvalue weighted by molar-refractivity contribution is 4.81. The van der Waals surface area contributed by atoms with E-state index in [0.29, 0.717) is 12.8 Å². The van der Waals surface area contributed by atoms with E-state index in [1.807, 2.05) is 0 Å². The topological polar surface area (TPSA) is 86.7 Å². The second-order valence-corrected chi connectivity index (χ2v) is 2.51. The van der Waals surface area contributed by atoms with E-state index in [4.69, 9.17) is 21.1 Å². The zero-order valence-electron chi connectivity index (χ0n) is 5.95. The number of rotatable bonds is 5. The van der Waals surface area contributed by atoms with Gasteiger partial charge in [0.05, 0.1) is 18.8 Å².